The van der Waals surface area contributed by atoms with E-state index in [0.717, 1.165) is 50.5 Å². The average molecular weight is 243 g/mol. The zero-order valence-electron chi connectivity index (χ0n) is 10.3. The zero-order chi connectivity index (χ0) is 12.4. The van der Waals surface area contributed by atoms with Gasteiger partial charge in [0.1, 0.15) is 6.07 Å². The maximum atomic E-state index is 9.08. The fourth-order valence-electron chi connectivity index (χ4n) is 2.66. The van der Waals surface area contributed by atoms with Crippen LogP contribution >= 0.6 is 0 Å². The molecule has 5 heteroatoms. The van der Waals surface area contributed by atoms with Crippen LogP contribution in [0.2, 0.25) is 0 Å². The molecule has 0 unspecified atom stereocenters. The van der Waals surface area contributed by atoms with Crippen molar-refractivity contribution in [3.63, 3.8) is 0 Å². The van der Waals surface area contributed by atoms with Gasteiger partial charge < -0.3 is 10.2 Å². The summed E-state index contributed by atoms with van der Waals surface area (Å²) < 4.78 is 0. The van der Waals surface area contributed by atoms with Gasteiger partial charge in [-0.3, -0.25) is 9.88 Å². The Bertz CT molecular complexity index is 455. The Morgan fingerprint density at radius 1 is 1.33 bits per heavy atom. The minimum Gasteiger partial charge on any atom is -0.366 e. The molecular weight excluding hydrogens is 226 g/mol. The molecule has 18 heavy (non-hydrogen) atoms. The molecule has 5 nitrogen and oxygen atoms in total. The number of anilines is 1. The van der Waals surface area contributed by atoms with Crippen molar-refractivity contribution in [2.24, 2.45) is 0 Å². The minimum absolute atomic E-state index is 0.638. The predicted octanol–water partition coefficient (Wildman–Crippen LogP) is 0.0471. The molecule has 2 aliphatic rings. The normalized spacial score (nSPS) is 21.4. The van der Waals surface area contributed by atoms with Crippen molar-refractivity contribution in [2.45, 2.75) is 6.04 Å². The van der Waals surface area contributed by atoms with Crippen LogP contribution in [0, 0.1) is 11.3 Å². The number of nitriles is 1. The van der Waals surface area contributed by atoms with E-state index in [4.69, 9.17) is 5.26 Å². The zero-order valence-corrected chi connectivity index (χ0v) is 10.3. The molecule has 0 amide bonds. The van der Waals surface area contributed by atoms with Crippen LogP contribution in [0.1, 0.15) is 5.56 Å². The first kappa shape index (κ1) is 11.5. The first-order chi connectivity index (χ1) is 8.88. The number of nitrogens with zero attached hydrogens (tertiary/aromatic N) is 4. The van der Waals surface area contributed by atoms with Crippen molar-refractivity contribution < 1.29 is 0 Å². The molecular formula is C13H17N5. The molecule has 0 aromatic carbocycles. The van der Waals surface area contributed by atoms with E-state index in [2.05, 4.69) is 26.2 Å². The largest absolute Gasteiger partial charge is 0.366 e. The molecule has 0 bridgehead atoms. The van der Waals surface area contributed by atoms with E-state index in [1.807, 2.05) is 0 Å². The summed E-state index contributed by atoms with van der Waals surface area (Å²) in [6, 6.07) is 4.66. The predicted molar refractivity (Wildman–Crippen MR) is 69.4 cm³/mol. The van der Waals surface area contributed by atoms with Gasteiger partial charge in [0.15, 0.2) is 0 Å². The molecule has 0 saturated carbocycles. The third kappa shape index (κ3) is 2.05. The minimum atomic E-state index is 0.638. The van der Waals surface area contributed by atoms with E-state index in [0.29, 0.717) is 6.04 Å². The van der Waals surface area contributed by atoms with Gasteiger partial charge in [-0.1, -0.05) is 0 Å². The fraction of sp³-hybridized carbons (Fsp3) is 0.538. The van der Waals surface area contributed by atoms with Crippen molar-refractivity contribution in [1.29, 1.82) is 5.26 Å². The summed E-state index contributed by atoms with van der Waals surface area (Å²) >= 11 is 0. The van der Waals surface area contributed by atoms with Gasteiger partial charge in [0.25, 0.3) is 0 Å². The molecule has 1 aromatic heterocycles. The lowest BCUT2D eigenvalue weighted by atomic mass is 10.0. The lowest BCUT2D eigenvalue weighted by Gasteiger charge is -2.47. The summed E-state index contributed by atoms with van der Waals surface area (Å²) in [5.74, 6) is 0. The molecule has 2 saturated heterocycles. The Balaban J connectivity index is 1.63. The Kier molecular flexibility index (Phi) is 3.13. The topological polar surface area (TPSA) is 55.2 Å². The molecule has 2 fully saturated rings. The van der Waals surface area contributed by atoms with Gasteiger partial charge in [0.05, 0.1) is 17.4 Å². The van der Waals surface area contributed by atoms with Gasteiger partial charge >= 0.3 is 0 Å². The molecule has 0 spiro atoms. The number of rotatable bonds is 2. The first-order valence-electron chi connectivity index (χ1n) is 6.42. The van der Waals surface area contributed by atoms with Crippen LogP contribution in [0.25, 0.3) is 0 Å². The molecule has 2 aliphatic heterocycles. The van der Waals surface area contributed by atoms with Crippen molar-refractivity contribution in [3.05, 3.63) is 24.0 Å². The molecule has 0 aliphatic carbocycles. The number of nitrogens with one attached hydrogen (secondary N) is 1. The Morgan fingerprint density at radius 2 is 2.11 bits per heavy atom. The maximum Gasteiger partial charge on any atom is 0.101 e. The second-order valence-electron chi connectivity index (χ2n) is 4.85. The van der Waals surface area contributed by atoms with Gasteiger partial charge in [-0.2, -0.15) is 5.26 Å². The smallest absolute Gasteiger partial charge is 0.101 e. The van der Waals surface area contributed by atoms with Crippen molar-refractivity contribution in [3.8, 4) is 6.07 Å². The Morgan fingerprint density at radius 3 is 2.83 bits per heavy atom. The summed E-state index contributed by atoms with van der Waals surface area (Å²) in [5.41, 5.74) is 1.70. The second kappa shape index (κ2) is 4.92. The van der Waals surface area contributed by atoms with Crippen molar-refractivity contribution in [1.82, 2.24) is 15.2 Å². The number of piperazine rings is 1. The summed E-state index contributed by atoms with van der Waals surface area (Å²) in [4.78, 5) is 8.90. The molecule has 94 valence electrons. The van der Waals surface area contributed by atoms with Gasteiger partial charge in [-0.05, 0) is 6.07 Å². The number of aromatic nitrogens is 1. The monoisotopic (exact) mass is 243 g/mol. The van der Waals surface area contributed by atoms with Crippen LogP contribution in [-0.2, 0) is 0 Å². The van der Waals surface area contributed by atoms with E-state index < -0.39 is 0 Å². The summed E-state index contributed by atoms with van der Waals surface area (Å²) in [7, 11) is 0. The van der Waals surface area contributed by atoms with Crippen LogP contribution in [0.15, 0.2) is 18.5 Å². The standard InChI is InChI=1S/C13H17N5/c14-7-11-1-2-16-8-13(11)18-9-12(10-18)17-5-3-15-4-6-17/h1-2,8,12,15H,3-6,9-10H2. The van der Waals surface area contributed by atoms with Gasteiger partial charge in [0, 0.05) is 51.5 Å². The highest BCUT2D eigenvalue weighted by molar-refractivity contribution is 5.59. The quantitative estimate of drug-likeness (QED) is 0.795. The van der Waals surface area contributed by atoms with Crippen LogP contribution in [0.4, 0.5) is 5.69 Å². The lowest BCUT2D eigenvalue weighted by Crippen LogP contribution is -2.63. The second-order valence-corrected chi connectivity index (χ2v) is 4.85. The first-order valence-corrected chi connectivity index (χ1v) is 6.42. The third-order valence-corrected chi connectivity index (χ3v) is 3.79. The Labute approximate surface area is 107 Å². The number of pyridine rings is 1. The van der Waals surface area contributed by atoms with Gasteiger partial charge in [-0.15, -0.1) is 0 Å². The van der Waals surface area contributed by atoms with Crippen LogP contribution < -0.4 is 10.2 Å². The SMILES string of the molecule is N#Cc1ccncc1N1CC(N2CCNCC2)C1. The van der Waals surface area contributed by atoms with Crippen molar-refractivity contribution >= 4 is 5.69 Å². The highest BCUT2D eigenvalue weighted by Crippen LogP contribution is 2.26. The van der Waals surface area contributed by atoms with E-state index in [1.54, 1.807) is 18.5 Å². The fourth-order valence-corrected chi connectivity index (χ4v) is 2.66. The van der Waals surface area contributed by atoms with E-state index in [-0.39, 0.29) is 0 Å². The maximum absolute atomic E-state index is 9.08. The third-order valence-electron chi connectivity index (χ3n) is 3.79. The number of hydrogen-bond acceptors (Lipinski definition) is 5. The van der Waals surface area contributed by atoms with E-state index in [1.165, 1.54) is 0 Å². The molecule has 1 N–H and O–H groups in total. The Hall–Kier alpha value is -1.64. The van der Waals surface area contributed by atoms with Gasteiger partial charge in [-0.25, -0.2) is 0 Å². The molecule has 3 rings (SSSR count). The van der Waals surface area contributed by atoms with Crippen LogP contribution in [-0.4, -0.2) is 55.2 Å². The highest BCUT2D eigenvalue weighted by Gasteiger charge is 2.33. The molecule has 3 heterocycles. The molecule has 0 atom stereocenters. The van der Waals surface area contributed by atoms with E-state index in [9.17, 15) is 0 Å². The average Bonchev–Trinajstić information content (AvgIpc) is 2.39. The highest BCUT2D eigenvalue weighted by atomic mass is 15.3. The van der Waals surface area contributed by atoms with Crippen molar-refractivity contribution in [2.75, 3.05) is 44.2 Å². The summed E-state index contributed by atoms with van der Waals surface area (Å²) in [5, 5.41) is 12.4. The summed E-state index contributed by atoms with van der Waals surface area (Å²) in [6.45, 7) is 6.48. The van der Waals surface area contributed by atoms with Gasteiger partial charge in [0.2, 0.25) is 0 Å². The molecule has 0 radical (unpaired) electrons. The van der Waals surface area contributed by atoms with Crippen LogP contribution in [0.5, 0.6) is 0 Å². The lowest BCUT2D eigenvalue weighted by molar-refractivity contribution is 0.147. The van der Waals surface area contributed by atoms with E-state index >= 15 is 0 Å². The summed E-state index contributed by atoms with van der Waals surface area (Å²) in [6.07, 6.45) is 3.47. The van der Waals surface area contributed by atoms with Crippen LogP contribution in [0.3, 0.4) is 0 Å². The molecule has 1 aromatic rings. The number of hydrogen-bond donors (Lipinski definition) is 1.